The van der Waals surface area contributed by atoms with Crippen LogP contribution in [0.3, 0.4) is 0 Å². The first-order chi connectivity index (χ1) is 8.78. The van der Waals surface area contributed by atoms with Crippen LogP contribution in [0.15, 0.2) is 24.3 Å². The second-order valence-corrected chi connectivity index (χ2v) is 3.96. The first-order valence-corrected chi connectivity index (χ1v) is 5.22. The molecule has 0 aliphatic carbocycles. The Morgan fingerprint density at radius 2 is 1.89 bits per heavy atom. The minimum absolute atomic E-state index is 0.0836. The highest BCUT2D eigenvalue weighted by atomic mass is 19.4. The molecule has 0 unspecified atom stereocenters. The van der Waals surface area contributed by atoms with Gasteiger partial charge in [0.05, 0.1) is 5.69 Å². The van der Waals surface area contributed by atoms with E-state index in [-0.39, 0.29) is 5.69 Å². The van der Waals surface area contributed by atoms with Crippen LogP contribution in [-0.4, -0.2) is 36.1 Å². The number of anilines is 1. The van der Waals surface area contributed by atoms with Crippen LogP contribution in [0.4, 0.5) is 28.0 Å². The first kappa shape index (κ1) is 13.3. The molecule has 0 saturated carbocycles. The van der Waals surface area contributed by atoms with Gasteiger partial charge in [-0.15, -0.1) is 0 Å². The van der Waals surface area contributed by atoms with Crippen molar-refractivity contribution in [1.29, 1.82) is 0 Å². The Morgan fingerprint density at radius 3 is 2.47 bits per heavy atom. The predicted molar refractivity (Wildman–Crippen MR) is 56.9 cm³/mol. The van der Waals surface area contributed by atoms with Crippen LogP contribution in [0, 0.1) is 5.82 Å². The van der Waals surface area contributed by atoms with Gasteiger partial charge in [0.1, 0.15) is 18.9 Å². The van der Waals surface area contributed by atoms with E-state index >= 15 is 0 Å². The maximum atomic E-state index is 13.0. The smallest absolute Gasteiger partial charge is 0.306 e. The van der Waals surface area contributed by atoms with Crippen molar-refractivity contribution in [1.82, 2.24) is 4.90 Å². The summed E-state index contributed by atoms with van der Waals surface area (Å²) in [4.78, 5) is 24.2. The highest BCUT2D eigenvalue weighted by Crippen LogP contribution is 2.25. The summed E-state index contributed by atoms with van der Waals surface area (Å²) in [6.07, 6.45) is -4.59. The van der Waals surface area contributed by atoms with Gasteiger partial charge in [-0.05, 0) is 18.2 Å². The number of halogens is 4. The van der Waals surface area contributed by atoms with E-state index in [2.05, 4.69) is 0 Å². The van der Waals surface area contributed by atoms with Crippen LogP contribution in [0.1, 0.15) is 0 Å². The summed E-state index contributed by atoms with van der Waals surface area (Å²) in [6.45, 7) is -2.18. The molecule has 1 heterocycles. The lowest BCUT2D eigenvalue weighted by Gasteiger charge is -2.18. The first-order valence-electron chi connectivity index (χ1n) is 5.22. The number of nitrogens with zero attached hydrogens (tertiary/aromatic N) is 2. The topological polar surface area (TPSA) is 40.6 Å². The summed E-state index contributed by atoms with van der Waals surface area (Å²) in [5.74, 6) is -1.51. The number of alkyl halides is 3. The zero-order valence-corrected chi connectivity index (χ0v) is 9.45. The van der Waals surface area contributed by atoms with Crippen LogP contribution in [-0.2, 0) is 4.79 Å². The minimum atomic E-state index is -4.59. The Labute approximate surface area is 105 Å². The van der Waals surface area contributed by atoms with Gasteiger partial charge in [0.2, 0.25) is 0 Å². The maximum absolute atomic E-state index is 13.0. The van der Waals surface area contributed by atoms with Crippen LogP contribution in [0.5, 0.6) is 0 Å². The van der Waals surface area contributed by atoms with Gasteiger partial charge in [-0.2, -0.15) is 13.2 Å². The monoisotopic (exact) mass is 276 g/mol. The van der Waals surface area contributed by atoms with Crippen LogP contribution < -0.4 is 4.90 Å². The van der Waals surface area contributed by atoms with Crippen LogP contribution >= 0.6 is 0 Å². The van der Waals surface area contributed by atoms with Crippen LogP contribution in [0.25, 0.3) is 0 Å². The molecule has 102 valence electrons. The predicted octanol–water partition coefficient (Wildman–Crippen LogP) is 2.16. The Bertz CT molecular complexity index is 530. The maximum Gasteiger partial charge on any atom is 0.406 e. The van der Waals surface area contributed by atoms with Gasteiger partial charge in [-0.25, -0.2) is 14.1 Å². The van der Waals surface area contributed by atoms with E-state index in [1.165, 1.54) is 12.1 Å². The molecule has 0 atom stereocenters. The molecule has 1 aromatic rings. The van der Waals surface area contributed by atoms with Crippen molar-refractivity contribution >= 4 is 17.6 Å². The van der Waals surface area contributed by atoms with Crippen molar-refractivity contribution in [3.05, 3.63) is 30.1 Å². The zero-order chi connectivity index (χ0) is 14.2. The Balaban J connectivity index is 2.24. The summed E-state index contributed by atoms with van der Waals surface area (Å²) in [5.41, 5.74) is -0.0836. The highest BCUT2D eigenvalue weighted by Gasteiger charge is 2.42. The van der Waals surface area contributed by atoms with Gasteiger partial charge >= 0.3 is 12.2 Å². The number of hydrogen-bond acceptors (Lipinski definition) is 2. The fourth-order valence-electron chi connectivity index (χ4n) is 1.76. The third kappa shape index (κ3) is 2.83. The lowest BCUT2D eigenvalue weighted by Crippen LogP contribution is -2.38. The third-order valence-corrected chi connectivity index (χ3v) is 2.47. The molecule has 1 saturated heterocycles. The number of hydrogen-bond donors (Lipinski definition) is 0. The number of carbonyl (C=O) groups is 2. The van der Waals surface area contributed by atoms with Gasteiger partial charge in [0.15, 0.2) is 0 Å². The number of urea groups is 1. The fraction of sp³-hybridized carbons (Fsp3) is 0.273. The Morgan fingerprint density at radius 1 is 1.21 bits per heavy atom. The van der Waals surface area contributed by atoms with Crippen molar-refractivity contribution in [2.75, 3.05) is 18.0 Å². The normalized spacial score (nSPS) is 16.4. The van der Waals surface area contributed by atoms with Gasteiger partial charge in [0.25, 0.3) is 5.91 Å². The highest BCUT2D eigenvalue weighted by molar-refractivity contribution is 6.19. The Hall–Kier alpha value is -2.12. The van der Waals surface area contributed by atoms with Crippen molar-refractivity contribution in [3.63, 3.8) is 0 Å². The van der Waals surface area contributed by atoms with E-state index in [9.17, 15) is 27.2 Å². The molecule has 0 radical (unpaired) electrons. The van der Waals surface area contributed by atoms with E-state index in [1.54, 1.807) is 0 Å². The summed E-state index contributed by atoms with van der Waals surface area (Å²) >= 11 is 0. The van der Waals surface area contributed by atoms with Crippen molar-refractivity contribution in [2.45, 2.75) is 6.18 Å². The standard InChI is InChI=1S/C11H8F4N2O2/c12-7-2-1-3-8(4-7)17-9(18)5-16(10(17)19)6-11(13,14)15/h1-4H,5-6H2. The van der Waals surface area contributed by atoms with E-state index in [4.69, 9.17) is 0 Å². The summed E-state index contributed by atoms with van der Waals surface area (Å²) in [7, 11) is 0. The molecule has 2 rings (SSSR count). The summed E-state index contributed by atoms with van der Waals surface area (Å²) < 4.78 is 49.7. The molecular weight excluding hydrogens is 268 g/mol. The molecule has 0 bridgehead atoms. The number of carbonyl (C=O) groups excluding carboxylic acids is 2. The number of imide groups is 1. The fourth-order valence-corrected chi connectivity index (χ4v) is 1.76. The third-order valence-electron chi connectivity index (χ3n) is 2.47. The van der Waals surface area contributed by atoms with Gasteiger partial charge in [-0.1, -0.05) is 6.07 Å². The second-order valence-electron chi connectivity index (χ2n) is 3.96. The molecule has 3 amide bonds. The van der Waals surface area contributed by atoms with Gasteiger partial charge in [0, 0.05) is 0 Å². The minimum Gasteiger partial charge on any atom is -0.306 e. The number of rotatable bonds is 2. The average molecular weight is 276 g/mol. The van der Waals surface area contributed by atoms with Crippen molar-refractivity contribution in [3.8, 4) is 0 Å². The largest absolute Gasteiger partial charge is 0.406 e. The Kier molecular flexibility index (Phi) is 3.17. The lowest BCUT2D eigenvalue weighted by atomic mass is 10.3. The van der Waals surface area contributed by atoms with Gasteiger partial charge < -0.3 is 4.90 Å². The molecule has 0 spiro atoms. The molecule has 1 fully saturated rings. The molecular formula is C11H8F4N2O2. The number of amides is 3. The molecule has 0 aromatic heterocycles. The molecule has 1 aliphatic rings. The summed E-state index contributed by atoms with van der Waals surface area (Å²) in [6, 6.07) is 3.44. The van der Waals surface area contributed by atoms with Crippen molar-refractivity contribution < 1.29 is 27.2 Å². The molecule has 19 heavy (non-hydrogen) atoms. The van der Waals surface area contributed by atoms with E-state index < -0.39 is 37.0 Å². The molecule has 0 N–H and O–H groups in total. The zero-order valence-electron chi connectivity index (χ0n) is 9.45. The van der Waals surface area contributed by atoms with E-state index in [0.717, 1.165) is 12.1 Å². The van der Waals surface area contributed by atoms with Gasteiger partial charge in [-0.3, -0.25) is 4.79 Å². The van der Waals surface area contributed by atoms with E-state index in [1.807, 2.05) is 0 Å². The molecule has 8 heteroatoms. The quantitative estimate of drug-likeness (QED) is 0.613. The van der Waals surface area contributed by atoms with E-state index in [0.29, 0.717) is 9.80 Å². The van der Waals surface area contributed by atoms with Crippen molar-refractivity contribution in [2.24, 2.45) is 0 Å². The number of benzene rings is 1. The van der Waals surface area contributed by atoms with Crippen LogP contribution in [0.2, 0.25) is 0 Å². The molecule has 1 aromatic carbocycles. The second kappa shape index (κ2) is 4.52. The summed E-state index contributed by atoms with van der Waals surface area (Å²) in [5, 5.41) is 0. The molecule has 1 aliphatic heterocycles. The lowest BCUT2D eigenvalue weighted by molar-refractivity contribution is -0.139. The molecule has 4 nitrogen and oxygen atoms in total. The SMILES string of the molecule is O=C1CN(CC(F)(F)F)C(=O)N1c1cccc(F)c1. The average Bonchev–Trinajstić information content (AvgIpc) is 2.51.